The van der Waals surface area contributed by atoms with Crippen molar-refractivity contribution in [2.75, 3.05) is 13.3 Å². The van der Waals surface area contributed by atoms with Gasteiger partial charge in [0.2, 0.25) is 0 Å². The first-order valence-corrected chi connectivity index (χ1v) is 5.57. The molecule has 2 N–H and O–H groups in total. The lowest BCUT2D eigenvalue weighted by Gasteiger charge is -2.02. The van der Waals surface area contributed by atoms with Crippen molar-refractivity contribution in [2.24, 2.45) is 0 Å². The fraction of sp³-hybridized carbons (Fsp3) is 0.200. The summed E-state index contributed by atoms with van der Waals surface area (Å²) in [6.45, 7) is 0. The quantitative estimate of drug-likeness (QED) is 0.755. The van der Waals surface area contributed by atoms with Gasteiger partial charge < -0.3 is 5.32 Å². The SMILES string of the molecule is CNC(=O)c1ccc(C(=O)NSC)cc1. The van der Waals surface area contributed by atoms with E-state index in [0.717, 1.165) is 0 Å². The molecule has 0 bridgehead atoms. The standard InChI is InChI=1S/C10H12N2O2S/c1-11-9(13)7-3-5-8(6-4-7)10(14)12-15-2/h3-6H,1-2H3,(H,11,13)(H,12,14). The van der Waals surface area contributed by atoms with Crippen molar-refractivity contribution in [3.8, 4) is 0 Å². The van der Waals surface area contributed by atoms with Crippen molar-refractivity contribution in [1.82, 2.24) is 10.0 Å². The second kappa shape index (κ2) is 5.41. The van der Waals surface area contributed by atoms with Gasteiger partial charge in [0.25, 0.3) is 11.8 Å². The van der Waals surface area contributed by atoms with E-state index in [9.17, 15) is 9.59 Å². The van der Waals surface area contributed by atoms with Crippen molar-refractivity contribution in [3.63, 3.8) is 0 Å². The molecule has 0 aliphatic rings. The molecule has 0 aliphatic heterocycles. The molecule has 0 fully saturated rings. The Kier molecular flexibility index (Phi) is 4.17. The Morgan fingerprint density at radius 1 is 1.07 bits per heavy atom. The van der Waals surface area contributed by atoms with Crippen LogP contribution in [0.3, 0.4) is 0 Å². The number of hydrogen-bond acceptors (Lipinski definition) is 3. The Morgan fingerprint density at radius 2 is 1.53 bits per heavy atom. The van der Waals surface area contributed by atoms with E-state index in [0.29, 0.717) is 11.1 Å². The Balaban J connectivity index is 2.80. The van der Waals surface area contributed by atoms with E-state index >= 15 is 0 Å². The van der Waals surface area contributed by atoms with Crippen LogP contribution < -0.4 is 10.0 Å². The molecule has 2 amide bonds. The molecule has 4 nitrogen and oxygen atoms in total. The summed E-state index contributed by atoms with van der Waals surface area (Å²) in [5, 5.41) is 2.51. The van der Waals surface area contributed by atoms with E-state index in [1.54, 1.807) is 37.6 Å². The van der Waals surface area contributed by atoms with Crippen LogP contribution in [0.15, 0.2) is 24.3 Å². The maximum absolute atomic E-state index is 11.4. The monoisotopic (exact) mass is 224 g/mol. The first kappa shape index (κ1) is 11.6. The molecule has 0 saturated carbocycles. The molecule has 80 valence electrons. The fourth-order valence-corrected chi connectivity index (χ4v) is 1.37. The predicted octanol–water partition coefficient (Wildman–Crippen LogP) is 1.05. The van der Waals surface area contributed by atoms with E-state index in [4.69, 9.17) is 0 Å². The van der Waals surface area contributed by atoms with Gasteiger partial charge >= 0.3 is 0 Å². The van der Waals surface area contributed by atoms with Crippen LogP contribution in [0.5, 0.6) is 0 Å². The van der Waals surface area contributed by atoms with Gasteiger partial charge in [0.1, 0.15) is 0 Å². The zero-order chi connectivity index (χ0) is 11.3. The first-order chi connectivity index (χ1) is 7.19. The normalized spacial score (nSPS) is 9.47. The highest BCUT2D eigenvalue weighted by molar-refractivity contribution is 7.97. The number of nitrogens with one attached hydrogen (secondary N) is 2. The van der Waals surface area contributed by atoms with Crippen molar-refractivity contribution in [3.05, 3.63) is 35.4 Å². The van der Waals surface area contributed by atoms with E-state index in [1.807, 2.05) is 0 Å². The number of carbonyl (C=O) groups excluding carboxylic acids is 2. The summed E-state index contributed by atoms with van der Waals surface area (Å²) in [6, 6.07) is 6.48. The molecular weight excluding hydrogens is 212 g/mol. The number of benzene rings is 1. The zero-order valence-corrected chi connectivity index (χ0v) is 9.35. The highest BCUT2D eigenvalue weighted by Gasteiger charge is 2.06. The largest absolute Gasteiger partial charge is 0.355 e. The molecule has 0 saturated heterocycles. The van der Waals surface area contributed by atoms with Crippen molar-refractivity contribution >= 4 is 23.8 Å². The van der Waals surface area contributed by atoms with Crippen LogP contribution in [-0.4, -0.2) is 25.1 Å². The Bertz CT molecular complexity index is 362. The lowest BCUT2D eigenvalue weighted by molar-refractivity contribution is 0.0958. The highest BCUT2D eigenvalue weighted by Crippen LogP contribution is 2.05. The summed E-state index contributed by atoms with van der Waals surface area (Å²) < 4.78 is 2.60. The number of rotatable bonds is 3. The molecule has 0 radical (unpaired) electrons. The maximum atomic E-state index is 11.4. The van der Waals surface area contributed by atoms with E-state index in [-0.39, 0.29) is 11.8 Å². The highest BCUT2D eigenvalue weighted by atomic mass is 32.2. The van der Waals surface area contributed by atoms with Crippen LogP contribution >= 0.6 is 11.9 Å². The topological polar surface area (TPSA) is 58.2 Å². The molecule has 1 aromatic carbocycles. The van der Waals surface area contributed by atoms with Gasteiger partial charge in [0.15, 0.2) is 0 Å². The molecule has 5 heteroatoms. The summed E-state index contributed by atoms with van der Waals surface area (Å²) in [4.78, 5) is 22.6. The Morgan fingerprint density at radius 3 is 1.93 bits per heavy atom. The molecule has 0 aliphatic carbocycles. The van der Waals surface area contributed by atoms with E-state index in [2.05, 4.69) is 10.0 Å². The van der Waals surface area contributed by atoms with Crippen LogP contribution in [0.25, 0.3) is 0 Å². The van der Waals surface area contributed by atoms with Crippen LogP contribution in [0.4, 0.5) is 0 Å². The molecule has 15 heavy (non-hydrogen) atoms. The van der Waals surface area contributed by atoms with Crippen LogP contribution in [0.1, 0.15) is 20.7 Å². The lowest BCUT2D eigenvalue weighted by atomic mass is 10.1. The summed E-state index contributed by atoms with van der Waals surface area (Å²) in [5.41, 5.74) is 1.08. The van der Waals surface area contributed by atoms with Gasteiger partial charge in [0, 0.05) is 24.4 Å². The molecule has 0 unspecified atom stereocenters. The van der Waals surface area contributed by atoms with Crippen LogP contribution in [-0.2, 0) is 0 Å². The minimum atomic E-state index is -0.161. The van der Waals surface area contributed by atoms with Crippen molar-refractivity contribution in [2.45, 2.75) is 0 Å². The van der Waals surface area contributed by atoms with Gasteiger partial charge in [0.05, 0.1) is 0 Å². The second-order valence-electron chi connectivity index (χ2n) is 2.79. The summed E-state index contributed by atoms with van der Waals surface area (Å²) >= 11 is 1.24. The van der Waals surface area contributed by atoms with Gasteiger partial charge in [-0.1, -0.05) is 11.9 Å². The van der Waals surface area contributed by atoms with Gasteiger partial charge in [-0.05, 0) is 24.3 Å². The fourth-order valence-electron chi connectivity index (χ4n) is 1.07. The number of hydrogen-bond donors (Lipinski definition) is 2. The number of amides is 2. The third kappa shape index (κ3) is 2.99. The molecule has 0 spiro atoms. The minimum absolute atomic E-state index is 0.160. The summed E-state index contributed by atoms with van der Waals surface area (Å²) in [6.07, 6.45) is 1.77. The molecule has 1 aromatic rings. The van der Waals surface area contributed by atoms with Gasteiger partial charge in [-0.25, -0.2) is 0 Å². The van der Waals surface area contributed by atoms with E-state index in [1.165, 1.54) is 11.9 Å². The summed E-state index contributed by atoms with van der Waals surface area (Å²) in [7, 11) is 1.57. The average molecular weight is 224 g/mol. The molecule has 0 heterocycles. The third-order valence-electron chi connectivity index (χ3n) is 1.83. The zero-order valence-electron chi connectivity index (χ0n) is 8.53. The van der Waals surface area contributed by atoms with Crippen molar-refractivity contribution < 1.29 is 9.59 Å². The third-order valence-corrected chi connectivity index (χ3v) is 2.22. The van der Waals surface area contributed by atoms with Crippen LogP contribution in [0, 0.1) is 0 Å². The van der Waals surface area contributed by atoms with Crippen molar-refractivity contribution in [1.29, 1.82) is 0 Å². The molecule has 0 atom stereocenters. The Hall–Kier alpha value is -1.49. The van der Waals surface area contributed by atoms with Crippen LogP contribution in [0.2, 0.25) is 0 Å². The van der Waals surface area contributed by atoms with Gasteiger partial charge in [-0.2, -0.15) is 0 Å². The molecule has 1 rings (SSSR count). The first-order valence-electron chi connectivity index (χ1n) is 4.34. The summed E-state index contributed by atoms with van der Waals surface area (Å²) in [5.74, 6) is -0.321. The average Bonchev–Trinajstić information content (AvgIpc) is 2.28. The second-order valence-corrected chi connectivity index (χ2v) is 3.40. The van der Waals surface area contributed by atoms with Gasteiger partial charge in [-0.3, -0.25) is 14.3 Å². The van der Waals surface area contributed by atoms with E-state index < -0.39 is 0 Å². The predicted molar refractivity (Wildman–Crippen MR) is 60.8 cm³/mol. The molecule has 0 aromatic heterocycles. The smallest absolute Gasteiger partial charge is 0.261 e. The Labute approximate surface area is 92.6 Å². The lowest BCUT2D eigenvalue weighted by Crippen LogP contribution is -2.18. The number of carbonyl (C=O) groups is 2. The minimum Gasteiger partial charge on any atom is -0.355 e. The maximum Gasteiger partial charge on any atom is 0.261 e. The van der Waals surface area contributed by atoms with Gasteiger partial charge in [-0.15, -0.1) is 0 Å². The molecular formula is C10H12N2O2S.